The zero-order valence-electron chi connectivity index (χ0n) is 14.3. The van der Waals surface area contributed by atoms with Gasteiger partial charge in [-0.1, -0.05) is 0 Å². The van der Waals surface area contributed by atoms with Crippen LogP contribution >= 0.6 is 11.3 Å². The first kappa shape index (κ1) is 16.8. The molecular formula is C19H20N4O2S. The average Bonchev–Trinajstić information content (AvgIpc) is 3.34. The summed E-state index contributed by atoms with van der Waals surface area (Å²) in [7, 11) is 0. The quantitative estimate of drug-likeness (QED) is 0.768. The molecule has 1 N–H and O–H groups in total. The molecule has 7 heteroatoms. The van der Waals surface area contributed by atoms with Crippen molar-refractivity contribution in [2.75, 3.05) is 13.1 Å². The van der Waals surface area contributed by atoms with E-state index < -0.39 is 0 Å². The van der Waals surface area contributed by atoms with Gasteiger partial charge in [0.1, 0.15) is 11.6 Å². The molecule has 1 amide bonds. The molecule has 3 heterocycles. The van der Waals surface area contributed by atoms with E-state index in [4.69, 9.17) is 0 Å². The van der Waals surface area contributed by atoms with Crippen LogP contribution in [0.25, 0.3) is 0 Å². The molecule has 1 fully saturated rings. The van der Waals surface area contributed by atoms with Crippen molar-refractivity contribution in [2.45, 2.75) is 25.3 Å². The van der Waals surface area contributed by atoms with Gasteiger partial charge in [0.15, 0.2) is 0 Å². The Labute approximate surface area is 155 Å². The zero-order chi connectivity index (χ0) is 17.9. The van der Waals surface area contributed by atoms with Gasteiger partial charge in [-0.2, -0.15) is 0 Å². The Bertz CT molecular complexity index is 873. The summed E-state index contributed by atoms with van der Waals surface area (Å²) in [4.78, 5) is 23.6. The third-order valence-electron chi connectivity index (χ3n) is 4.75. The van der Waals surface area contributed by atoms with Crippen LogP contribution in [0.2, 0.25) is 0 Å². The van der Waals surface area contributed by atoms with E-state index in [0.29, 0.717) is 18.7 Å². The third kappa shape index (κ3) is 3.48. The van der Waals surface area contributed by atoms with Crippen LogP contribution in [0.3, 0.4) is 0 Å². The Kier molecular flexibility index (Phi) is 4.71. The van der Waals surface area contributed by atoms with E-state index in [-0.39, 0.29) is 17.6 Å². The smallest absolute Gasteiger partial charge is 0.253 e. The number of thiazole rings is 1. The lowest BCUT2D eigenvalue weighted by Gasteiger charge is -2.32. The topological polar surface area (TPSA) is 71.2 Å². The van der Waals surface area contributed by atoms with Gasteiger partial charge in [0, 0.05) is 42.3 Å². The van der Waals surface area contributed by atoms with E-state index in [0.717, 1.165) is 30.9 Å². The Morgan fingerprint density at radius 2 is 2.12 bits per heavy atom. The number of imidazole rings is 1. The summed E-state index contributed by atoms with van der Waals surface area (Å²) in [5.41, 5.74) is 3.47. The number of benzene rings is 1. The minimum Gasteiger partial charge on any atom is -0.508 e. The number of carbonyl (C=O) groups is 1. The number of likely N-dealkylation sites (tertiary alicyclic amines) is 1. The molecule has 1 aromatic carbocycles. The number of amides is 1. The highest BCUT2D eigenvalue weighted by molar-refractivity contribution is 7.07. The van der Waals surface area contributed by atoms with Gasteiger partial charge in [-0.15, -0.1) is 11.3 Å². The molecule has 4 rings (SSSR count). The molecule has 0 saturated carbocycles. The fourth-order valence-electron chi connectivity index (χ4n) is 3.46. The summed E-state index contributed by atoms with van der Waals surface area (Å²) in [5.74, 6) is 1.41. The standard InChI is InChI=1S/C19H20N4O2S/c24-17-5-3-14(4-6-17)19(25)23-8-1-2-15(10-23)18-20-7-9-22(18)11-16-12-26-13-21-16/h3-7,9,12-13,15,24H,1-2,8,10-11H2. The van der Waals surface area contributed by atoms with E-state index in [1.807, 2.05) is 28.2 Å². The fourth-order valence-corrected chi connectivity index (χ4v) is 4.01. The van der Waals surface area contributed by atoms with Gasteiger partial charge in [0.25, 0.3) is 5.91 Å². The van der Waals surface area contributed by atoms with Crippen LogP contribution in [0.15, 0.2) is 47.5 Å². The predicted molar refractivity (Wildman–Crippen MR) is 99.4 cm³/mol. The number of carbonyl (C=O) groups excluding carboxylic acids is 1. The van der Waals surface area contributed by atoms with E-state index in [1.54, 1.807) is 35.6 Å². The average molecular weight is 368 g/mol. The van der Waals surface area contributed by atoms with Gasteiger partial charge in [-0.05, 0) is 37.1 Å². The second kappa shape index (κ2) is 7.29. The Balaban J connectivity index is 1.50. The van der Waals surface area contributed by atoms with E-state index in [1.165, 1.54) is 0 Å². The molecule has 0 spiro atoms. The Morgan fingerprint density at radius 1 is 1.27 bits per heavy atom. The van der Waals surface area contributed by atoms with Crippen LogP contribution in [0.5, 0.6) is 5.75 Å². The van der Waals surface area contributed by atoms with E-state index >= 15 is 0 Å². The van der Waals surface area contributed by atoms with Crippen molar-refractivity contribution in [3.8, 4) is 5.75 Å². The normalized spacial score (nSPS) is 17.4. The van der Waals surface area contributed by atoms with Crippen molar-refractivity contribution >= 4 is 17.2 Å². The lowest BCUT2D eigenvalue weighted by Crippen LogP contribution is -2.39. The van der Waals surface area contributed by atoms with Crippen LogP contribution < -0.4 is 0 Å². The number of phenolic OH excluding ortho intramolecular Hbond substituents is 1. The van der Waals surface area contributed by atoms with Crippen molar-refractivity contribution < 1.29 is 9.90 Å². The first-order valence-corrected chi connectivity index (χ1v) is 9.61. The SMILES string of the molecule is O=C(c1ccc(O)cc1)N1CCCC(c2nccn2Cc2cscn2)C1. The minimum absolute atomic E-state index is 0.00677. The third-order valence-corrected chi connectivity index (χ3v) is 5.39. The summed E-state index contributed by atoms with van der Waals surface area (Å²) in [5, 5.41) is 11.5. The number of hydrogen-bond acceptors (Lipinski definition) is 5. The van der Waals surface area contributed by atoms with Crippen LogP contribution in [-0.4, -0.2) is 43.5 Å². The van der Waals surface area contributed by atoms with Gasteiger partial charge < -0.3 is 14.6 Å². The van der Waals surface area contributed by atoms with E-state index in [9.17, 15) is 9.90 Å². The summed E-state index contributed by atoms with van der Waals surface area (Å²) < 4.78 is 2.13. The predicted octanol–water partition coefficient (Wildman–Crippen LogP) is 3.11. The molecule has 0 radical (unpaired) electrons. The van der Waals surface area contributed by atoms with Crippen LogP contribution in [-0.2, 0) is 6.54 Å². The van der Waals surface area contributed by atoms with Gasteiger partial charge in [0.2, 0.25) is 0 Å². The largest absolute Gasteiger partial charge is 0.508 e. The second-order valence-electron chi connectivity index (χ2n) is 6.53. The molecule has 2 aromatic heterocycles. The first-order chi connectivity index (χ1) is 12.7. The first-order valence-electron chi connectivity index (χ1n) is 8.67. The fraction of sp³-hybridized carbons (Fsp3) is 0.316. The molecule has 1 atom stereocenters. The zero-order valence-corrected chi connectivity index (χ0v) is 15.1. The van der Waals surface area contributed by atoms with Crippen LogP contribution in [0.1, 0.15) is 40.6 Å². The maximum Gasteiger partial charge on any atom is 0.253 e. The number of hydrogen-bond donors (Lipinski definition) is 1. The van der Waals surface area contributed by atoms with Crippen molar-refractivity contribution in [1.29, 1.82) is 0 Å². The van der Waals surface area contributed by atoms with E-state index in [2.05, 4.69) is 14.5 Å². The molecule has 1 unspecified atom stereocenters. The molecule has 134 valence electrons. The van der Waals surface area contributed by atoms with Gasteiger partial charge in [-0.25, -0.2) is 9.97 Å². The molecule has 3 aromatic rings. The number of phenols is 1. The molecule has 1 aliphatic heterocycles. The van der Waals surface area contributed by atoms with Crippen molar-refractivity contribution in [1.82, 2.24) is 19.4 Å². The van der Waals surface area contributed by atoms with Crippen LogP contribution in [0.4, 0.5) is 0 Å². The van der Waals surface area contributed by atoms with Crippen LogP contribution in [0, 0.1) is 0 Å². The molecular weight excluding hydrogens is 348 g/mol. The van der Waals surface area contributed by atoms with Gasteiger partial charge >= 0.3 is 0 Å². The van der Waals surface area contributed by atoms with Gasteiger partial charge in [0.05, 0.1) is 17.7 Å². The maximum absolute atomic E-state index is 12.8. The second-order valence-corrected chi connectivity index (χ2v) is 7.25. The summed E-state index contributed by atoms with van der Waals surface area (Å²) in [6.07, 6.45) is 5.78. The Hall–Kier alpha value is -2.67. The molecule has 6 nitrogen and oxygen atoms in total. The lowest BCUT2D eigenvalue weighted by atomic mass is 9.96. The Morgan fingerprint density at radius 3 is 2.88 bits per heavy atom. The summed E-state index contributed by atoms with van der Waals surface area (Å²) in [6.45, 7) is 2.12. The van der Waals surface area contributed by atoms with Crippen molar-refractivity contribution in [3.05, 3.63) is 64.6 Å². The number of piperidine rings is 1. The van der Waals surface area contributed by atoms with Gasteiger partial charge in [-0.3, -0.25) is 4.79 Å². The highest BCUT2D eigenvalue weighted by Crippen LogP contribution is 2.27. The number of aromatic nitrogens is 3. The molecule has 1 saturated heterocycles. The molecule has 0 aliphatic carbocycles. The number of aromatic hydroxyl groups is 1. The highest BCUT2D eigenvalue weighted by Gasteiger charge is 2.28. The van der Waals surface area contributed by atoms with Crippen molar-refractivity contribution in [2.24, 2.45) is 0 Å². The maximum atomic E-state index is 12.8. The monoisotopic (exact) mass is 368 g/mol. The minimum atomic E-state index is 0.00677. The summed E-state index contributed by atoms with van der Waals surface area (Å²) in [6, 6.07) is 6.44. The lowest BCUT2D eigenvalue weighted by molar-refractivity contribution is 0.0703. The van der Waals surface area contributed by atoms with Crippen molar-refractivity contribution in [3.63, 3.8) is 0 Å². The molecule has 0 bridgehead atoms. The molecule has 26 heavy (non-hydrogen) atoms. The molecule has 1 aliphatic rings. The summed E-state index contributed by atoms with van der Waals surface area (Å²) >= 11 is 1.59. The number of nitrogens with zero attached hydrogens (tertiary/aromatic N) is 4. The highest BCUT2D eigenvalue weighted by atomic mass is 32.1. The number of rotatable bonds is 4.